The van der Waals surface area contributed by atoms with E-state index in [2.05, 4.69) is 59.9 Å². The molecule has 4 unspecified atom stereocenters. The van der Waals surface area contributed by atoms with Crippen LogP contribution in [0.1, 0.15) is 119 Å². The second-order valence-corrected chi connectivity index (χ2v) is 17.0. The summed E-state index contributed by atoms with van der Waals surface area (Å²) in [6.07, 6.45) is 12.0. The lowest BCUT2D eigenvalue weighted by Gasteiger charge is -2.71. The molecule has 0 bridgehead atoms. The van der Waals surface area contributed by atoms with Gasteiger partial charge >= 0.3 is 5.97 Å². The molecule has 0 heterocycles. The average molecular weight is 604 g/mol. The summed E-state index contributed by atoms with van der Waals surface area (Å²) in [6.45, 7) is 18.7. The fraction of sp³-hybridized carbons (Fsp3) is 0.744. The van der Waals surface area contributed by atoms with E-state index in [1.807, 2.05) is 24.3 Å². The van der Waals surface area contributed by atoms with Crippen LogP contribution in [0.2, 0.25) is 0 Å². The molecule has 2 N–H and O–H groups in total. The Labute approximate surface area is 266 Å². The van der Waals surface area contributed by atoms with Crippen molar-refractivity contribution in [3.63, 3.8) is 0 Å². The zero-order valence-corrected chi connectivity index (χ0v) is 28.6. The van der Waals surface area contributed by atoms with Gasteiger partial charge in [0.05, 0.1) is 12.0 Å². The van der Waals surface area contributed by atoms with Gasteiger partial charge in [0.15, 0.2) is 0 Å². The second-order valence-electron chi connectivity index (χ2n) is 17.0. The maximum absolute atomic E-state index is 14.5. The lowest BCUT2D eigenvalue weighted by Crippen LogP contribution is -2.65. The number of hydrogen-bond donors (Lipinski definition) is 2. The molecule has 5 heteroatoms. The summed E-state index contributed by atoms with van der Waals surface area (Å²) in [5.41, 5.74) is 3.00. The molecule has 5 aliphatic rings. The average Bonchev–Trinajstić information content (AvgIpc) is 2.97. The maximum atomic E-state index is 14.5. The number of carbonyl (C=O) groups is 2. The Morgan fingerprint density at radius 2 is 1.66 bits per heavy atom. The van der Waals surface area contributed by atoms with Gasteiger partial charge in [0.1, 0.15) is 6.10 Å². The largest absolute Gasteiger partial charge is 0.462 e. The molecule has 4 saturated carbocycles. The number of fused-ring (bicyclic) bond motifs is 7. The van der Waals surface area contributed by atoms with Gasteiger partial charge in [-0.15, -0.1) is 0 Å². The molecule has 0 aliphatic heterocycles. The predicted octanol–water partition coefficient (Wildman–Crippen LogP) is 8.71. The zero-order chi connectivity index (χ0) is 31.9. The molecule has 0 radical (unpaired) electrons. The Morgan fingerprint density at radius 1 is 0.932 bits per heavy atom. The van der Waals surface area contributed by atoms with Crippen LogP contribution >= 0.6 is 0 Å². The van der Waals surface area contributed by atoms with E-state index in [0.29, 0.717) is 23.7 Å². The standard InChI is InChI=1S/C39H57NO4/c1-24-15-20-39(34(43)40-29-12-10-9-11-27(29)23-41)22-21-37(7)28(33(39)25(24)2)13-14-31-36(6)18-17-32(44-26(3)42)35(4,5)30(36)16-19-38(31,37)8/h9-13,24-25,30-33,41H,14-23H2,1-8H3,(H,40,43)/t24-,25+,30?,31?,32?,33?,36+,37-,38-,39+/m1/s1. The quantitative estimate of drug-likeness (QED) is 0.267. The molecule has 1 aromatic rings. The van der Waals surface area contributed by atoms with Crippen LogP contribution in [0.25, 0.3) is 0 Å². The minimum absolute atomic E-state index is 0.0120. The Morgan fingerprint density at radius 3 is 2.36 bits per heavy atom. The molecule has 1 aromatic carbocycles. The van der Waals surface area contributed by atoms with E-state index in [9.17, 15) is 14.7 Å². The number of hydrogen-bond acceptors (Lipinski definition) is 4. The van der Waals surface area contributed by atoms with Gasteiger partial charge in [-0.2, -0.15) is 0 Å². The summed E-state index contributed by atoms with van der Waals surface area (Å²) in [5, 5.41) is 13.3. The number of benzene rings is 1. The van der Waals surface area contributed by atoms with Crippen LogP contribution in [0, 0.1) is 56.7 Å². The first-order valence-corrected chi connectivity index (χ1v) is 17.5. The van der Waals surface area contributed by atoms with Crippen molar-refractivity contribution < 1.29 is 19.4 Å². The maximum Gasteiger partial charge on any atom is 0.302 e. The van der Waals surface area contributed by atoms with Gasteiger partial charge in [0, 0.05) is 23.6 Å². The van der Waals surface area contributed by atoms with Crippen LogP contribution in [0.15, 0.2) is 35.9 Å². The van der Waals surface area contributed by atoms with Crippen LogP contribution in [0.5, 0.6) is 0 Å². The SMILES string of the molecule is CC(=O)OC1CC[C@@]2(C)C(CC[C@]3(C)C2CC=C2C4[C@@H](C)[C@H](C)CC[C@]4(C(=O)Nc4ccccc4CO)CC[C@]23C)C1(C)C. The number of aliphatic hydroxyl groups excluding tert-OH is 1. The summed E-state index contributed by atoms with van der Waals surface area (Å²) in [6, 6.07) is 7.69. The van der Waals surface area contributed by atoms with Gasteiger partial charge in [-0.1, -0.05) is 78.3 Å². The molecule has 1 amide bonds. The first kappa shape index (κ1) is 31.8. The number of rotatable bonds is 4. The Bertz CT molecular complexity index is 1350. The Kier molecular flexibility index (Phi) is 7.75. The molecule has 5 nitrogen and oxygen atoms in total. The number of aliphatic hydroxyl groups is 1. The Hall–Kier alpha value is -2.14. The highest BCUT2D eigenvalue weighted by Crippen LogP contribution is 2.76. The fourth-order valence-electron chi connectivity index (χ4n) is 12.3. The highest BCUT2D eigenvalue weighted by molar-refractivity contribution is 5.97. The topological polar surface area (TPSA) is 75.6 Å². The second kappa shape index (κ2) is 10.7. The summed E-state index contributed by atoms with van der Waals surface area (Å²) >= 11 is 0. The van der Waals surface area contributed by atoms with E-state index >= 15 is 0 Å². The summed E-state index contributed by atoms with van der Waals surface area (Å²) in [4.78, 5) is 26.6. The molecule has 0 saturated heterocycles. The van der Waals surface area contributed by atoms with Crippen molar-refractivity contribution in [3.8, 4) is 0 Å². The van der Waals surface area contributed by atoms with Crippen molar-refractivity contribution in [1.29, 1.82) is 0 Å². The monoisotopic (exact) mass is 603 g/mol. The van der Waals surface area contributed by atoms with Crippen LogP contribution < -0.4 is 5.32 Å². The van der Waals surface area contributed by atoms with Crippen molar-refractivity contribution in [1.82, 2.24) is 0 Å². The number of ether oxygens (including phenoxy) is 1. The molecule has 242 valence electrons. The molecule has 0 aromatic heterocycles. The van der Waals surface area contributed by atoms with E-state index in [0.717, 1.165) is 62.6 Å². The van der Waals surface area contributed by atoms with E-state index in [1.165, 1.54) is 6.42 Å². The van der Waals surface area contributed by atoms with Crippen molar-refractivity contribution in [2.75, 3.05) is 5.32 Å². The highest BCUT2D eigenvalue weighted by atomic mass is 16.5. The minimum Gasteiger partial charge on any atom is -0.462 e. The van der Waals surface area contributed by atoms with Crippen LogP contribution in [0.4, 0.5) is 5.69 Å². The van der Waals surface area contributed by atoms with Gasteiger partial charge in [-0.3, -0.25) is 9.59 Å². The molecular formula is C39H57NO4. The zero-order valence-electron chi connectivity index (χ0n) is 28.6. The lowest BCUT2D eigenvalue weighted by atomic mass is 9.33. The van der Waals surface area contributed by atoms with Crippen molar-refractivity contribution in [2.24, 2.45) is 56.7 Å². The van der Waals surface area contributed by atoms with Crippen molar-refractivity contribution >= 4 is 17.6 Å². The Balaban J connectivity index is 1.38. The number of anilines is 1. The number of esters is 1. The molecule has 0 spiro atoms. The van der Waals surface area contributed by atoms with Gasteiger partial charge in [0.25, 0.3) is 0 Å². The third kappa shape index (κ3) is 4.33. The first-order valence-electron chi connectivity index (χ1n) is 17.5. The highest BCUT2D eigenvalue weighted by Gasteiger charge is 2.69. The van der Waals surface area contributed by atoms with Gasteiger partial charge in [-0.25, -0.2) is 0 Å². The van der Waals surface area contributed by atoms with Crippen LogP contribution in [-0.2, 0) is 20.9 Å². The normalized spacial score (nSPS) is 44.2. The first-order chi connectivity index (χ1) is 20.7. The smallest absolute Gasteiger partial charge is 0.302 e. The summed E-state index contributed by atoms with van der Waals surface area (Å²) in [5.74, 6) is 2.30. The van der Waals surface area contributed by atoms with E-state index in [4.69, 9.17) is 4.74 Å². The molecule has 10 atom stereocenters. The number of para-hydroxylation sites is 1. The summed E-state index contributed by atoms with van der Waals surface area (Å²) in [7, 11) is 0. The molecule has 4 fully saturated rings. The number of allylic oxidation sites excluding steroid dienone is 2. The summed E-state index contributed by atoms with van der Waals surface area (Å²) < 4.78 is 5.94. The minimum atomic E-state index is -0.422. The van der Waals surface area contributed by atoms with Gasteiger partial charge in [-0.05, 0) is 110 Å². The lowest BCUT2D eigenvalue weighted by molar-refractivity contribution is -0.212. The van der Waals surface area contributed by atoms with Crippen LogP contribution in [0.3, 0.4) is 0 Å². The number of carbonyl (C=O) groups excluding carboxylic acids is 2. The molecular weight excluding hydrogens is 546 g/mol. The van der Waals surface area contributed by atoms with Gasteiger partial charge < -0.3 is 15.2 Å². The van der Waals surface area contributed by atoms with E-state index in [1.54, 1.807) is 12.5 Å². The van der Waals surface area contributed by atoms with Crippen LogP contribution in [-0.4, -0.2) is 23.1 Å². The third-order valence-electron chi connectivity index (χ3n) is 15.1. The molecule has 5 aliphatic carbocycles. The predicted molar refractivity (Wildman–Crippen MR) is 176 cm³/mol. The molecule has 44 heavy (non-hydrogen) atoms. The van der Waals surface area contributed by atoms with Crippen molar-refractivity contribution in [3.05, 3.63) is 41.5 Å². The fourth-order valence-corrected chi connectivity index (χ4v) is 12.3. The van der Waals surface area contributed by atoms with Gasteiger partial charge in [0.2, 0.25) is 5.91 Å². The number of nitrogens with one attached hydrogen (secondary N) is 1. The van der Waals surface area contributed by atoms with E-state index < -0.39 is 5.41 Å². The number of amides is 1. The van der Waals surface area contributed by atoms with Crippen molar-refractivity contribution in [2.45, 2.75) is 126 Å². The molecule has 6 rings (SSSR count). The third-order valence-corrected chi connectivity index (χ3v) is 15.1. The van der Waals surface area contributed by atoms with E-state index in [-0.39, 0.29) is 52.2 Å².